The van der Waals surface area contributed by atoms with Gasteiger partial charge in [-0.25, -0.2) is 16.8 Å². The quantitative estimate of drug-likeness (QED) is 0.415. The van der Waals surface area contributed by atoms with Crippen LogP contribution in [0.5, 0.6) is 0 Å². The molecule has 0 aliphatic carbocycles. The highest BCUT2D eigenvalue weighted by Crippen LogP contribution is 2.24. The van der Waals surface area contributed by atoms with E-state index in [1.165, 1.54) is 39.5 Å². The Kier molecular flexibility index (Phi) is 7.05. The molecule has 0 unspecified atom stereocenters. The molecule has 0 saturated carbocycles. The molecule has 2 aromatic carbocycles. The van der Waals surface area contributed by atoms with Gasteiger partial charge in [0.25, 0.3) is 5.69 Å². The Morgan fingerprint density at radius 1 is 1.03 bits per heavy atom. The summed E-state index contributed by atoms with van der Waals surface area (Å²) in [4.78, 5) is 24.8. The SMILES string of the molecule is Cc1ccc(S(=O)(=O)N2CCN(C(=O)CN(c3cccc([N+](=O)[O-])c3)S(C)(=O)=O)CC2)cc1. The molecule has 3 rings (SSSR count). The standard InChI is InChI=1S/C20H24N4O7S2/c1-16-6-8-19(9-7-16)33(30,31)22-12-10-21(11-13-22)20(25)15-23(32(2,28)29)17-4-3-5-18(14-17)24(26)27/h3-9,14H,10-13,15H2,1-2H3. The van der Waals surface area contributed by atoms with Crippen molar-refractivity contribution in [2.24, 2.45) is 0 Å². The molecule has 1 aliphatic rings. The molecule has 0 spiro atoms. The van der Waals surface area contributed by atoms with Gasteiger partial charge in [-0.15, -0.1) is 0 Å². The molecule has 1 amide bonds. The fourth-order valence-electron chi connectivity index (χ4n) is 3.42. The number of aryl methyl sites for hydroxylation is 1. The molecular weight excluding hydrogens is 472 g/mol. The lowest BCUT2D eigenvalue weighted by molar-refractivity contribution is -0.384. The maximum absolute atomic E-state index is 12.8. The second kappa shape index (κ2) is 9.45. The predicted octanol–water partition coefficient (Wildman–Crippen LogP) is 1.20. The van der Waals surface area contributed by atoms with Crippen LogP contribution in [0.2, 0.25) is 0 Å². The Morgan fingerprint density at radius 3 is 2.18 bits per heavy atom. The Balaban J connectivity index is 1.71. The number of amides is 1. The van der Waals surface area contributed by atoms with Gasteiger partial charge in [0.15, 0.2) is 0 Å². The largest absolute Gasteiger partial charge is 0.338 e. The molecule has 1 saturated heterocycles. The first-order valence-corrected chi connectivity index (χ1v) is 13.3. The van der Waals surface area contributed by atoms with Crippen molar-refractivity contribution in [3.63, 3.8) is 0 Å². The maximum Gasteiger partial charge on any atom is 0.271 e. The highest BCUT2D eigenvalue weighted by Gasteiger charge is 2.32. The van der Waals surface area contributed by atoms with Crippen LogP contribution < -0.4 is 4.31 Å². The first kappa shape index (κ1) is 24.6. The number of non-ortho nitro benzene ring substituents is 1. The first-order valence-electron chi connectivity index (χ1n) is 9.96. The summed E-state index contributed by atoms with van der Waals surface area (Å²) >= 11 is 0. The fraction of sp³-hybridized carbons (Fsp3) is 0.350. The molecule has 11 nitrogen and oxygen atoms in total. The average Bonchev–Trinajstić information content (AvgIpc) is 2.77. The van der Waals surface area contributed by atoms with Gasteiger partial charge in [0.2, 0.25) is 26.0 Å². The maximum atomic E-state index is 12.8. The molecular formula is C20H24N4O7S2. The van der Waals surface area contributed by atoms with Crippen molar-refractivity contribution in [2.45, 2.75) is 11.8 Å². The average molecular weight is 497 g/mol. The number of anilines is 1. The van der Waals surface area contributed by atoms with Crippen LogP contribution in [-0.4, -0.2) is 75.9 Å². The number of carbonyl (C=O) groups is 1. The van der Waals surface area contributed by atoms with E-state index in [9.17, 15) is 31.7 Å². The summed E-state index contributed by atoms with van der Waals surface area (Å²) in [6.07, 6.45) is 0.908. The van der Waals surface area contributed by atoms with Gasteiger partial charge in [-0.1, -0.05) is 23.8 Å². The van der Waals surface area contributed by atoms with Crippen molar-refractivity contribution in [3.05, 3.63) is 64.2 Å². The summed E-state index contributed by atoms with van der Waals surface area (Å²) in [5, 5.41) is 11.0. The van der Waals surface area contributed by atoms with E-state index in [0.29, 0.717) is 0 Å². The Bertz CT molecular complexity index is 1250. The molecule has 178 valence electrons. The van der Waals surface area contributed by atoms with Crippen molar-refractivity contribution in [2.75, 3.05) is 43.3 Å². The lowest BCUT2D eigenvalue weighted by Crippen LogP contribution is -2.53. The number of carbonyl (C=O) groups excluding carboxylic acids is 1. The molecule has 2 aromatic rings. The van der Waals surface area contributed by atoms with Crippen LogP contribution in [0.3, 0.4) is 0 Å². The zero-order valence-corrected chi connectivity index (χ0v) is 19.8. The topological polar surface area (TPSA) is 138 Å². The third-order valence-corrected chi connectivity index (χ3v) is 8.31. The molecule has 0 N–H and O–H groups in total. The fourth-order valence-corrected chi connectivity index (χ4v) is 5.69. The Morgan fingerprint density at radius 2 is 1.64 bits per heavy atom. The van der Waals surface area contributed by atoms with Crippen molar-refractivity contribution >= 4 is 37.3 Å². The zero-order valence-electron chi connectivity index (χ0n) is 18.1. The number of piperazine rings is 1. The minimum Gasteiger partial charge on any atom is -0.338 e. The van der Waals surface area contributed by atoms with Crippen LogP contribution in [0.1, 0.15) is 5.56 Å². The van der Waals surface area contributed by atoms with E-state index >= 15 is 0 Å². The summed E-state index contributed by atoms with van der Waals surface area (Å²) in [6.45, 7) is 1.63. The van der Waals surface area contributed by atoms with Gasteiger partial charge < -0.3 is 4.90 Å². The molecule has 33 heavy (non-hydrogen) atoms. The summed E-state index contributed by atoms with van der Waals surface area (Å²) in [7, 11) is -7.62. The summed E-state index contributed by atoms with van der Waals surface area (Å²) in [5.41, 5.74) is 0.632. The number of hydrogen-bond acceptors (Lipinski definition) is 7. The van der Waals surface area contributed by atoms with Crippen LogP contribution >= 0.6 is 0 Å². The van der Waals surface area contributed by atoms with E-state index in [-0.39, 0.29) is 42.4 Å². The molecule has 0 atom stereocenters. The summed E-state index contributed by atoms with van der Waals surface area (Å²) in [6, 6.07) is 11.5. The van der Waals surface area contributed by atoms with Crippen LogP contribution in [0.25, 0.3) is 0 Å². The number of sulfonamides is 2. The zero-order chi connectivity index (χ0) is 24.4. The molecule has 0 bridgehead atoms. The van der Waals surface area contributed by atoms with E-state index in [4.69, 9.17) is 0 Å². The van der Waals surface area contributed by atoms with E-state index in [1.807, 2.05) is 6.92 Å². The monoisotopic (exact) mass is 496 g/mol. The first-order chi connectivity index (χ1) is 15.4. The Labute approximate surface area is 192 Å². The number of nitro groups is 1. The lowest BCUT2D eigenvalue weighted by Gasteiger charge is -2.35. The second-order valence-electron chi connectivity index (χ2n) is 7.64. The highest BCUT2D eigenvalue weighted by molar-refractivity contribution is 7.92. The van der Waals surface area contributed by atoms with Gasteiger partial charge in [0.1, 0.15) is 6.54 Å². The number of hydrogen-bond donors (Lipinski definition) is 0. The van der Waals surface area contributed by atoms with Gasteiger partial charge in [0.05, 0.1) is 21.8 Å². The van der Waals surface area contributed by atoms with Gasteiger partial charge in [-0.05, 0) is 25.1 Å². The number of nitrogens with zero attached hydrogens (tertiary/aromatic N) is 4. The summed E-state index contributed by atoms with van der Waals surface area (Å²) < 4.78 is 52.4. The van der Waals surface area contributed by atoms with Crippen LogP contribution in [0.4, 0.5) is 11.4 Å². The molecule has 1 heterocycles. The molecule has 0 aromatic heterocycles. The third-order valence-electron chi connectivity index (χ3n) is 5.26. The van der Waals surface area contributed by atoms with E-state index < -0.39 is 37.4 Å². The van der Waals surface area contributed by atoms with E-state index in [0.717, 1.165) is 22.2 Å². The smallest absolute Gasteiger partial charge is 0.271 e. The van der Waals surface area contributed by atoms with Crippen molar-refractivity contribution in [1.29, 1.82) is 0 Å². The minimum atomic E-state index is -3.91. The molecule has 1 aliphatic heterocycles. The molecule has 13 heteroatoms. The lowest BCUT2D eigenvalue weighted by atomic mass is 10.2. The highest BCUT2D eigenvalue weighted by atomic mass is 32.2. The van der Waals surface area contributed by atoms with Gasteiger partial charge in [-0.2, -0.15) is 4.31 Å². The third kappa shape index (κ3) is 5.67. The van der Waals surface area contributed by atoms with Gasteiger partial charge >= 0.3 is 0 Å². The van der Waals surface area contributed by atoms with Crippen LogP contribution in [-0.2, 0) is 24.8 Å². The minimum absolute atomic E-state index is 0.000588. The van der Waals surface area contributed by atoms with E-state index in [1.54, 1.807) is 12.1 Å². The van der Waals surface area contributed by atoms with Crippen LogP contribution in [0.15, 0.2) is 53.4 Å². The summed E-state index contributed by atoms with van der Waals surface area (Å²) in [5.74, 6) is -0.528. The number of rotatable bonds is 7. The van der Waals surface area contributed by atoms with Crippen molar-refractivity contribution < 1.29 is 26.6 Å². The second-order valence-corrected chi connectivity index (χ2v) is 11.5. The molecule has 1 fully saturated rings. The number of benzene rings is 2. The van der Waals surface area contributed by atoms with Crippen molar-refractivity contribution in [3.8, 4) is 0 Å². The van der Waals surface area contributed by atoms with Crippen molar-refractivity contribution in [1.82, 2.24) is 9.21 Å². The van der Waals surface area contributed by atoms with Crippen LogP contribution in [0, 0.1) is 17.0 Å². The van der Waals surface area contributed by atoms with E-state index in [2.05, 4.69) is 0 Å². The molecule has 0 radical (unpaired) electrons. The normalized spacial score (nSPS) is 15.3. The predicted molar refractivity (Wildman–Crippen MR) is 122 cm³/mol. The number of nitro benzene ring substituents is 1. The Hall–Kier alpha value is -3.03. The van der Waals surface area contributed by atoms with Gasteiger partial charge in [-0.3, -0.25) is 19.2 Å². The van der Waals surface area contributed by atoms with Gasteiger partial charge in [0, 0.05) is 38.3 Å².